The minimum absolute atomic E-state index is 0.635. The number of hydrogen-bond donors (Lipinski definition) is 1. The third-order valence-corrected chi connectivity index (χ3v) is 4.77. The van der Waals surface area contributed by atoms with Crippen molar-refractivity contribution in [2.75, 3.05) is 6.54 Å². The van der Waals surface area contributed by atoms with Gasteiger partial charge in [0.1, 0.15) is 0 Å². The summed E-state index contributed by atoms with van der Waals surface area (Å²) in [7, 11) is 0. The smallest absolute Gasteiger partial charge is 0.0347 e. The summed E-state index contributed by atoms with van der Waals surface area (Å²) < 4.78 is 0. The topological polar surface area (TPSA) is 37.8 Å². The number of benzene rings is 1. The molecule has 1 unspecified atom stereocenters. The summed E-state index contributed by atoms with van der Waals surface area (Å²) in [5.74, 6) is 0.635. The van der Waals surface area contributed by atoms with Crippen molar-refractivity contribution in [3.63, 3.8) is 0 Å². The predicted octanol–water partition coefficient (Wildman–Crippen LogP) is 3.96. The van der Waals surface area contributed by atoms with Gasteiger partial charge in [0, 0.05) is 49.0 Å². The highest BCUT2D eigenvalue weighted by Crippen LogP contribution is 2.32. The van der Waals surface area contributed by atoms with E-state index in [4.69, 9.17) is 0 Å². The Labute approximate surface area is 142 Å². The lowest BCUT2D eigenvalue weighted by Gasteiger charge is -2.13. The van der Waals surface area contributed by atoms with Crippen molar-refractivity contribution in [1.29, 1.82) is 0 Å². The molecule has 1 aliphatic carbocycles. The van der Waals surface area contributed by atoms with E-state index < -0.39 is 0 Å². The van der Waals surface area contributed by atoms with Crippen molar-refractivity contribution in [3.05, 3.63) is 83.9 Å². The summed E-state index contributed by atoms with van der Waals surface area (Å²) in [5.41, 5.74) is 6.48. The van der Waals surface area contributed by atoms with Gasteiger partial charge in [0.25, 0.3) is 0 Å². The number of aromatic nitrogens is 2. The Hall–Kier alpha value is -2.52. The van der Waals surface area contributed by atoms with Gasteiger partial charge < -0.3 is 5.32 Å². The minimum atomic E-state index is 0.635. The van der Waals surface area contributed by atoms with E-state index in [0.29, 0.717) is 5.92 Å². The van der Waals surface area contributed by atoms with Crippen molar-refractivity contribution < 1.29 is 0 Å². The van der Waals surface area contributed by atoms with Gasteiger partial charge in [-0.05, 0) is 47.6 Å². The van der Waals surface area contributed by atoms with E-state index in [2.05, 4.69) is 51.7 Å². The van der Waals surface area contributed by atoms with Crippen molar-refractivity contribution >= 4 is 0 Å². The first kappa shape index (κ1) is 15.0. The molecule has 0 saturated carbocycles. The van der Waals surface area contributed by atoms with Crippen LogP contribution in [0.4, 0.5) is 0 Å². The van der Waals surface area contributed by atoms with E-state index in [-0.39, 0.29) is 0 Å². The molecule has 0 spiro atoms. The van der Waals surface area contributed by atoms with Crippen LogP contribution in [0.15, 0.2) is 67.3 Å². The molecule has 3 aromatic rings. The molecule has 0 fully saturated rings. The van der Waals surface area contributed by atoms with Crippen LogP contribution in [-0.2, 0) is 13.0 Å². The Balaban J connectivity index is 1.39. The van der Waals surface area contributed by atoms with Crippen LogP contribution in [0.5, 0.6) is 0 Å². The normalized spacial score (nSPS) is 16.1. The molecule has 24 heavy (non-hydrogen) atoms. The number of pyridine rings is 2. The van der Waals surface area contributed by atoms with Crippen LogP contribution in [0.3, 0.4) is 0 Å². The summed E-state index contributed by atoms with van der Waals surface area (Å²) in [4.78, 5) is 8.56. The molecule has 3 nitrogen and oxygen atoms in total. The number of hydrogen-bond acceptors (Lipinski definition) is 3. The zero-order valence-electron chi connectivity index (χ0n) is 13.7. The zero-order valence-corrected chi connectivity index (χ0v) is 13.7. The standard InChI is InChI=1S/C21H21N3/c1-2-6-21-17(4-1)7-8-19(21)14-23-11-16-10-20(15-24-12-16)18-5-3-9-22-13-18/h1-6,9-10,12-13,15,19,23H,7-8,11,14H2. The van der Waals surface area contributed by atoms with E-state index in [0.717, 1.165) is 24.2 Å². The number of fused-ring (bicyclic) bond motifs is 1. The Bertz CT molecular complexity index is 814. The van der Waals surface area contributed by atoms with Crippen molar-refractivity contribution in [2.24, 2.45) is 0 Å². The lowest BCUT2D eigenvalue weighted by Crippen LogP contribution is -2.20. The average Bonchev–Trinajstić information content (AvgIpc) is 3.06. The second kappa shape index (κ2) is 6.93. The molecule has 0 aliphatic heterocycles. The van der Waals surface area contributed by atoms with E-state index in [1.165, 1.54) is 29.5 Å². The van der Waals surface area contributed by atoms with Gasteiger partial charge in [0.2, 0.25) is 0 Å². The second-order valence-electron chi connectivity index (χ2n) is 6.39. The van der Waals surface area contributed by atoms with E-state index >= 15 is 0 Å². The van der Waals surface area contributed by atoms with Gasteiger partial charge in [0.15, 0.2) is 0 Å². The summed E-state index contributed by atoms with van der Waals surface area (Å²) in [6.45, 7) is 1.87. The van der Waals surface area contributed by atoms with Gasteiger partial charge in [-0.2, -0.15) is 0 Å². The molecule has 0 radical (unpaired) electrons. The van der Waals surface area contributed by atoms with Crippen molar-refractivity contribution in [2.45, 2.75) is 25.3 Å². The first-order valence-corrected chi connectivity index (χ1v) is 8.53. The van der Waals surface area contributed by atoms with Crippen LogP contribution >= 0.6 is 0 Å². The second-order valence-corrected chi connectivity index (χ2v) is 6.39. The Morgan fingerprint density at radius 1 is 0.958 bits per heavy atom. The third kappa shape index (κ3) is 3.22. The SMILES string of the molecule is c1cncc(-c2cncc(CNCC3CCc4ccccc43)c2)c1. The maximum atomic E-state index is 4.38. The molecule has 4 rings (SSSR count). The van der Waals surface area contributed by atoms with Gasteiger partial charge in [0.05, 0.1) is 0 Å². The Morgan fingerprint density at radius 3 is 2.79 bits per heavy atom. The fourth-order valence-corrected chi connectivity index (χ4v) is 3.52. The van der Waals surface area contributed by atoms with Crippen LogP contribution in [0.2, 0.25) is 0 Å². The lowest BCUT2D eigenvalue weighted by atomic mass is 10.0. The summed E-state index contributed by atoms with van der Waals surface area (Å²) >= 11 is 0. The minimum Gasteiger partial charge on any atom is -0.312 e. The molecule has 1 aromatic carbocycles. The maximum absolute atomic E-state index is 4.38. The molecular formula is C21H21N3. The molecule has 0 bridgehead atoms. The molecule has 2 aromatic heterocycles. The summed E-state index contributed by atoms with van der Waals surface area (Å²) in [6.07, 6.45) is 9.97. The highest BCUT2D eigenvalue weighted by molar-refractivity contribution is 5.61. The fourth-order valence-electron chi connectivity index (χ4n) is 3.52. The largest absolute Gasteiger partial charge is 0.312 e. The highest BCUT2D eigenvalue weighted by Gasteiger charge is 2.21. The van der Waals surface area contributed by atoms with Crippen molar-refractivity contribution in [3.8, 4) is 11.1 Å². The van der Waals surface area contributed by atoms with E-state index in [1.807, 2.05) is 24.7 Å². The van der Waals surface area contributed by atoms with E-state index in [1.54, 1.807) is 6.20 Å². The van der Waals surface area contributed by atoms with E-state index in [9.17, 15) is 0 Å². The van der Waals surface area contributed by atoms with Gasteiger partial charge >= 0.3 is 0 Å². The maximum Gasteiger partial charge on any atom is 0.0347 e. The third-order valence-electron chi connectivity index (χ3n) is 4.77. The summed E-state index contributed by atoms with van der Waals surface area (Å²) in [5, 5.41) is 3.61. The zero-order chi connectivity index (χ0) is 16.2. The van der Waals surface area contributed by atoms with Crippen LogP contribution in [0, 0.1) is 0 Å². The Kier molecular flexibility index (Phi) is 4.34. The molecule has 120 valence electrons. The molecule has 1 atom stereocenters. The Morgan fingerprint density at radius 2 is 1.88 bits per heavy atom. The number of aryl methyl sites for hydroxylation is 1. The first-order chi connectivity index (χ1) is 11.9. The van der Waals surface area contributed by atoms with Gasteiger partial charge in [-0.25, -0.2) is 0 Å². The number of nitrogens with one attached hydrogen (secondary N) is 1. The van der Waals surface area contributed by atoms with Crippen LogP contribution in [0.1, 0.15) is 29.0 Å². The van der Waals surface area contributed by atoms with Gasteiger partial charge in [-0.1, -0.05) is 30.3 Å². The fraction of sp³-hybridized carbons (Fsp3) is 0.238. The molecular weight excluding hydrogens is 294 g/mol. The van der Waals surface area contributed by atoms with Crippen LogP contribution < -0.4 is 5.32 Å². The van der Waals surface area contributed by atoms with Gasteiger partial charge in [-0.15, -0.1) is 0 Å². The first-order valence-electron chi connectivity index (χ1n) is 8.53. The lowest BCUT2D eigenvalue weighted by molar-refractivity contribution is 0.578. The number of nitrogens with zero attached hydrogens (tertiary/aromatic N) is 2. The molecule has 3 heteroatoms. The number of rotatable bonds is 5. The molecule has 0 saturated heterocycles. The average molecular weight is 315 g/mol. The molecule has 1 N–H and O–H groups in total. The predicted molar refractivity (Wildman–Crippen MR) is 96.7 cm³/mol. The van der Waals surface area contributed by atoms with Gasteiger partial charge in [-0.3, -0.25) is 9.97 Å². The summed E-state index contributed by atoms with van der Waals surface area (Å²) in [6, 6.07) is 15.0. The van der Waals surface area contributed by atoms with Crippen molar-refractivity contribution in [1.82, 2.24) is 15.3 Å². The van der Waals surface area contributed by atoms with Crippen LogP contribution in [-0.4, -0.2) is 16.5 Å². The quantitative estimate of drug-likeness (QED) is 0.774. The highest BCUT2D eigenvalue weighted by atomic mass is 14.9. The monoisotopic (exact) mass is 315 g/mol. The molecule has 2 heterocycles. The molecule has 0 amide bonds. The van der Waals surface area contributed by atoms with Crippen LogP contribution in [0.25, 0.3) is 11.1 Å². The molecule has 1 aliphatic rings.